The number of amides is 2. The molecule has 3 aliphatic rings. The quantitative estimate of drug-likeness (QED) is 0.204. The third-order valence-corrected chi connectivity index (χ3v) is 10.1. The Morgan fingerprint density at radius 2 is 1.74 bits per heavy atom. The number of aryl methyl sites for hydroxylation is 1. The van der Waals surface area contributed by atoms with Gasteiger partial charge in [-0.3, -0.25) is 9.78 Å². The smallest absolute Gasteiger partial charge is 0.407 e. The molecule has 47 heavy (non-hydrogen) atoms. The van der Waals surface area contributed by atoms with Crippen LogP contribution in [0.1, 0.15) is 99.7 Å². The van der Waals surface area contributed by atoms with Crippen LogP contribution in [-0.4, -0.2) is 60.0 Å². The molecule has 0 unspecified atom stereocenters. The van der Waals surface area contributed by atoms with Crippen LogP contribution in [0.2, 0.25) is 0 Å². The number of alkyl carbamates (subject to hydrolysis) is 1. The van der Waals surface area contributed by atoms with Crippen LogP contribution in [0.4, 0.5) is 10.5 Å². The van der Waals surface area contributed by atoms with E-state index in [-0.39, 0.29) is 24.5 Å². The van der Waals surface area contributed by atoms with E-state index in [2.05, 4.69) is 17.4 Å². The van der Waals surface area contributed by atoms with Crippen molar-refractivity contribution in [1.29, 1.82) is 0 Å². The minimum absolute atomic E-state index is 0.0218. The van der Waals surface area contributed by atoms with Gasteiger partial charge in [0.2, 0.25) is 5.91 Å². The van der Waals surface area contributed by atoms with E-state index in [0.29, 0.717) is 62.9 Å². The normalized spacial score (nSPS) is 22.8. The van der Waals surface area contributed by atoms with Crippen LogP contribution in [0.3, 0.4) is 0 Å². The van der Waals surface area contributed by atoms with Crippen molar-refractivity contribution in [3.05, 3.63) is 59.9 Å². The van der Waals surface area contributed by atoms with Crippen molar-refractivity contribution in [2.75, 3.05) is 31.7 Å². The van der Waals surface area contributed by atoms with Crippen LogP contribution in [0.5, 0.6) is 5.75 Å². The maximum atomic E-state index is 14.3. The second kappa shape index (κ2) is 15.3. The van der Waals surface area contributed by atoms with E-state index >= 15 is 0 Å². The van der Waals surface area contributed by atoms with E-state index in [1.165, 1.54) is 0 Å². The van der Waals surface area contributed by atoms with Crippen LogP contribution in [-0.2, 0) is 9.53 Å². The average molecular weight is 645 g/mol. The number of aromatic nitrogens is 2. The van der Waals surface area contributed by atoms with E-state index in [1.54, 1.807) is 13.4 Å². The number of carbonyl (C=O) groups is 2. The molecule has 1 aromatic carbocycles. The van der Waals surface area contributed by atoms with Crippen LogP contribution < -0.4 is 15.0 Å². The Morgan fingerprint density at radius 1 is 0.979 bits per heavy atom. The van der Waals surface area contributed by atoms with Gasteiger partial charge in [-0.25, -0.2) is 9.78 Å². The minimum atomic E-state index is -0.458. The van der Waals surface area contributed by atoms with Gasteiger partial charge in [0.25, 0.3) is 0 Å². The van der Waals surface area contributed by atoms with Gasteiger partial charge in [-0.1, -0.05) is 12.1 Å². The van der Waals surface area contributed by atoms with Gasteiger partial charge in [0, 0.05) is 54.4 Å². The van der Waals surface area contributed by atoms with Crippen molar-refractivity contribution in [2.24, 2.45) is 11.8 Å². The molecule has 2 aromatic heterocycles. The van der Waals surface area contributed by atoms with Gasteiger partial charge in [-0.2, -0.15) is 0 Å². The summed E-state index contributed by atoms with van der Waals surface area (Å²) in [6.07, 6.45) is 10.6. The number of aliphatic hydroxyl groups excluding tert-OH is 1. The second-order valence-corrected chi connectivity index (χ2v) is 13.5. The first kappa shape index (κ1) is 33.0. The van der Waals surface area contributed by atoms with Gasteiger partial charge in [-0.15, -0.1) is 0 Å². The molecule has 2 amide bonds. The van der Waals surface area contributed by atoms with Gasteiger partial charge in [0.15, 0.2) is 5.89 Å². The molecule has 10 nitrogen and oxygen atoms in total. The zero-order valence-electron chi connectivity index (χ0n) is 27.7. The minimum Gasteiger partial charge on any atom is -0.495 e. The first-order valence-corrected chi connectivity index (χ1v) is 17.4. The number of methoxy groups -OCH3 is 1. The number of benzene rings is 1. The summed E-state index contributed by atoms with van der Waals surface area (Å²) in [6.45, 7) is 3.06. The molecule has 0 saturated heterocycles. The monoisotopic (exact) mass is 644 g/mol. The van der Waals surface area contributed by atoms with E-state index in [1.807, 2.05) is 36.1 Å². The number of aliphatic hydroxyl groups is 1. The van der Waals surface area contributed by atoms with E-state index < -0.39 is 6.09 Å². The first-order chi connectivity index (χ1) is 22.9. The Hall–Kier alpha value is -3.92. The second-order valence-electron chi connectivity index (χ2n) is 13.5. The van der Waals surface area contributed by atoms with Crippen LogP contribution in [0.25, 0.3) is 11.3 Å². The molecule has 0 spiro atoms. The number of anilines is 1. The maximum Gasteiger partial charge on any atom is 0.407 e. The molecule has 10 heteroatoms. The lowest BCUT2D eigenvalue weighted by Gasteiger charge is -2.36. The van der Waals surface area contributed by atoms with Gasteiger partial charge in [0.1, 0.15) is 23.8 Å². The van der Waals surface area contributed by atoms with Gasteiger partial charge < -0.3 is 29.2 Å². The van der Waals surface area contributed by atoms with Crippen LogP contribution >= 0.6 is 0 Å². The summed E-state index contributed by atoms with van der Waals surface area (Å²) in [4.78, 5) is 38.1. The molecule has 0 aliphatic heterocycles. The summed E-state index contributed by atoms with van der Waals surface area (Å²) in [7, 11) is 1.68. The molecule has 3 saturated carbocycles. The highest BCUT2D eigenvalue weighted by Gasteiger charge is 2.34. The maximum absolute atomic E-state index is 14.3. The highest BCUT2D eigenvalue weighted by Crippen LogP contribution is 2.41. The predicted octanol–water partition coefficient (Wildman–Crippen LogP) is 6.91. The summed E-state index contributed by atoms with van der Waals surface area (Å²) in [5, 5.41) is 11.6. The van der Waals surface area contributed by atoms with Crippen molar-refractivity contribution in [2.45, 2.75) is 95.5 Å². The molecule has 0 bridgehead atoms. The fourth-order valence-corrected chi connectivity index (χ4v) is 7.11. The standard InChI is InChI=1S/C37H48N4O6/c1-24-34(45-2)18-17-32(39-24)26-9-7-25(8-10-26)22-41(30-6-3-5-29(21-30)33-23-46-35(40-33)27-11-12-27)36(43)28-13-15-31(16-14-28)47-37(44)38-19-4-20-42/h3,5-6,17-18,21,23,25-28,31,42H,4,7-16,19-20,22H2,1-2H3,(H,38,44). The molecule has 0 radical (unpaired) electrons. The fourth-order valence-electron chi connectivity index (χ4n) is 7.11. The molecular weight excluding hydrogens is 596 g/mol. The van der Waals surface area contributed by atoms with Crippen molar-refractivity contribution in [3.8, 4) is 17.0 Å². The van der Waals surface area contributed by atoms with Crippen molar-refractivity contribution in [1.82, 2.24) is 15.3 Å². The SMILES string of the molecule is COc1ccc(C2CCC(CN(C(=O)C3CCC(OC(=O)NCCCO)CC3)c3cccc(-c4coc(C5CC5)n4)c3)CC2)nc1C. The molecule has 3 aliphatic carbocycles. The number of oxazole rings is 1. The zero-order valence-corrected chi connectivity index (χ0v) is 27.7. The number of carbonyl (C=O) groups excluding carboxylic acids is 2. The average Bonchev–Trinajstić information content (AvgIpc) is 3.83. The highest BCUT2D eigenvalue weighted by molar-refractivity contribution is 5.95. The Morgan fingerprint density at radius 3 is 2.45 bits per heavy atom. The topological polar surface area (TPSA) is 127 Å². The fraction of sp³-hybridized carbons (Fsp3) is 0.568. The summed E-state index contributed by atoms with van der Waals surface area (Å²) >= 11 is 0. The highest BCUT2D eigenvalue weighted by atomic mass is 16.6. The Labute approximate surface area is 277 Å². The van der Waals surface area contributed by atoms with Gasteiger partial charge >= 0.3 is 6.09 Å². The molecule has 3 aromatic rings. The summed E-state index contributed by atoms with van der Waals surface area (Å²) in [6, 6.07) is 12.3. The zero-order chi connectivity index (χ0) is 32.8. The van der Waals surface area contributed by atoms with E-state index in [4.69, 9.17) is 29.0 Å². The summed E-state index contributed by atoms with van der Waals surface area (Å²) in [5.41, 5.74) is 4.69. The lowest BCUT2D eigenvalue weighted by atomic mass is 9.79. The Balaban J connectivity index is 1.14. The summed E-state index contributed by atoms with van der Waals surface area (Å²) < 4.78 is 16.8. The number of hydrogen-bond acceptors (Lipinski definition) is 8. The number of rotatable bonds is 12. The number of nitrogens with zero attached hydrogens (tertiary/aromatic N) is 3. The number of hydrogen-bond donors (Lipinski definition) is 2. The molecule has 3 fully saturated rings. The number of pyridine rings is 1. The number of nitrogens with one attached hydrogen (secondary N) is 1. The van der Waals surface area contributed by atoms with Crippen molar-refractivity contribution < 1.29 is 28.6 Å². The van der Waals surface area contributed by atoms with Crippen molar-refractivity contribution >= 4 is 17.7 Å². The lowest BCUT2D eigenvalue weighted by molar-refractivity contribution is -0.124. The molecule has 0 atom stereocenters. The van der Waals surface area contributed by atoms with E-state index in [9.17, 15) is 9.59 Å². The van der Waals surface area contributed by atoms with Gasteiger partial charge in [-0.05, 0) is 108 Å². The predicted molar refractivity (Wildman–Crippen MR) is 178 cm³/mol. The lowest BCUT2D eigenvalue weighted by Crippen LogP contribution is -2.42. The summed E-state index contributed by atoms with van der Waals surface area (Å²) in [5.74, 6) is 2.85. The number of ether oxygens (including phenoxy) is 2. The largest absolute Gasteiger partial charge is 0.495 e. The third-order valence-electron chi connectivity index (χ3n) is 10.1. The molecule has 252 valence electrons. The van der Waals surface area contributed by atoms with Crippen LogP contribution in [0, 0.1) is 18.8 Å². The molecular formula is C37H48N4O6. The molecule has 6 rings (SSSR count). The Kier molecular flexibility index (Phi) is 10.8. The third kappa shape index (κ3) is 8.33. The molecule has 2 heterocycles. The van der Waals surface area contributed by atoms with E-state index in [0.717, 1.165) is 78.5 Å². The molecule has 2 N–H and O–H groups in total. The van der Waals surface area contributed by atoms with Crippen molar-refractivity contribution in [3.63, 3.8) is 0 Å². The first-order valence-electron chi connectivity index (χ1n) is 17.4. The Bertz CT molecular complexity index is 1500. The van der Waals surface area contributed by atoms with Gasteiger partial charge in [0.05, 0.1) is 12.8 Å². The van der Waals surface area contributed by atoms with Crippen LogP contribution in [0.15, 0.2) is 47.1 Å².